The summed E-state index contributed by atoms with van der Waals surface area (Å²) in [5.74, 6) is -1.77. The van der Waals surface area contributed by atoms with Crippen LogP contribution in [0.3, 0.4) is 0 Å². The monoisotopic (exact) mass is 1130 g/mol. The van der Waals surface area contributed by atoms with Crippen LogP contribution in [0.25, 0.3) is 0 Å². The standard InChI is InChI=1S/C13H16N6O8.C10H26N6O2.C6H13N3O2.C5H9N3O4.C4H11N3O2.Na/c1-2-26-13(20)15-5-7-16(8-6-15)19(25)14-27-12-4-3-10(17(21)22)9-11(12)18(23)24;11-5-3-8-13-7-1-2-9-15(10-4-6-12)16(18)14-17;1-2-11-7-9(10)8-5-3-4-6-8;9-5(10)4-2-1-3-7(4)8(12)6-11;1-3-6(4-2)7(9)5-8;/h3-4,9H,2,5-8H2,1H3;13,17H,1-12H2;2-6H2,1H3;4,11H,1-3H2,(H,9,10);8H,3-4H2,1-2H3;/q;;;;;+1/p-4/b19-14-;16-14-;9-7-;8-6-;7-5-;. The van der Waals surface area contributed by atoms with Crippen LogP contribution in [-0.4, -0.2) is 194 Å². The van der Waals surface area contributed by atoms with E-state index in [-0.39, 0.29) is 88.8 Å². The molecule has 3 heterocycles. The number of nitro benzene ring substituents is 2. The van der Waals surface area contributed by atoms with Crippen LogP contribution in [0.5, 0.6) is 5.75 Å². The third-order valence-corrected chi connectivity index (χ3v) is 10.5. The molecule has 1 amide bonds. The van der Waals surface area contributed by atoms with Gasteiger partial charge in [0, 0.05) is 34.1 Å². The average molecular weight is 1130 g/mol. The van der Waals surface area contributed by atoms with Crippen molar-refractivity contribution in [2.75, 3.05) is 111 Å². The maximum atomic E-state index is 12.0. The van der Waals surface area contributed by atoms with Crippen molar-refractivity contribution in [1.82, 2.24) is 35.3 Å². The molecule has 40 heteroatoms. The summed E-state index contributed by atoms with van der Waals surface area (Å²) in [6.07, 6.45) is 5.92. The van der Waals surface area contributed by atoms with Crippen molar-refractivity contribution in [2.45, 2.75) is 85.1 Å². The van der Waals surface area contributed by atoms with Gasteiger partial charge in [-0.2, -0.15) is 5.01 Å². The second kappa shape index (κ2) is 43.7. The zero-order valence-electron chi connectivity index (χ0n) is 44.5. The molecule has 0 spiro atoms. The predicted molar refractivity (Wildman–Crippen MR) is 262 cm³/mol. The number of carboxylic acids is 1. The van der Waals surface area contributed by atoms with E-state index in [1.807, 2.05) is 0 Å². The predicted octanol–water partition coefficient (Wildman–Crippen LogP) is -1.63. The third-order valence-electron chi connectivity index (χ3n) is 10.5. The molecular weight excluding hydrogens is 1060 g/mol. The number of hydrogen-bond donors (Lipinski definition) is 3. The number of amides is 1. The van der Waals surface area contributed by atoms with Gasteiger partial charge in [0.05, 0.1) is 97.3 Å². The number of carboxylic acid groups (broad SMARTS) is 1. The van der Waals surface area contributed by atoms with E-state index in [2.05, 4.69) is 36.5 Å². The Hall–Kier alpha value is -7.36. The molecule has 0 aliphatic carbocycles. The molecule has 3 aliphatic rings. The third kappa shape index (κ3) is 29.2. The fraction of sp³-hybridized carbons (Fsp3) is 0.789. The molecule has 3 aliphatic heterocycles. The fourth-order valence-corrected chi connectivity index (χ4v) is 6.53. The summed E-state index contributed by atoms with van der Waals surface area (Å²) >= 11 is 0. The van der Waals surface area contributed by atoms with Crippen molar-refractivity contribution in [2.24, 2.45) is 37.9 Å². The molecule has 3 fully saturated rings. The van der Waals surface area contributed by atoms with Crippen LogP contribution in [-0.2, 0) is 14.4 Å². The largest absolute Gasteiger partial charge is 1.00 e. The number of benzene rings is 1. The number of ether oxygens (including phenoxy) is 1. The van der Waals surface area contributed by atoms with Gasteiger partial charge in [0.25, 0.3) is 5.69 Å². The van der Waals surface area contributed by atoms with Crippen LogP contribution >= 0.6 is 0 Å². The summed E-state index contributed by atoms with van der Waals surface area (Å²) in [5, 5.41) is 139. The van der Waals surface area contributed by atoms with E-state index in [9.17, 15) is 76.6 Å². The number of hydrazine groups is 5. The summed E-state index contributed by atoms with van der Waals surface area (Å²) in [5.41, 5.74) is 9.53. The van der Waals surface area contributed by atoms with Gasteiger partial charge in [-0.25, -0.2) is 4.79 Å². The molecule has 1 unspecified atom stereocenters. The van der Waals surface area contributed by atoms with Crippen molar-refractivity contribution in [3.8, 4) is 5.75 Å². The molecule has 78 heavy (non-hydrogen) atoms. The number of carbonyl (C=O) groups excluding carboxylic acids is 2. The first-order valence-corrected chi connectivity index (χ1v) is 24.3. The van der Waals surface area contributed by atoms with Gasteiger partial charge >= 0.3 is 41.3 Å². The first-order chi connectivity index (χ1) is 36.8. The van der Waals surface area contributed by atoms with Crippen LogP contribution in [0.4, 0.5) is 16.2 Å². The minimum Gasteiger partial charge on any atom is -0.737 e. The Bertz CT molecular complexity index is 2020. The van der Waals surface area contributed by atoms with E-state index >= 15 is 0 Å². The number of nitrogens with zero attached hydrogens (tertiary/aromatic N) is 18. The Labute approximate surface area is 470 Å². The van der Waals surface area contributed by atoms with Gasteiger partial charge in [-0.3, -0.25) is 25.1 Å². The number of unbranched alkanes of at least 4 members (excludes halogenated alkanes) is 1. The first kappa shape index (κ1) is 72.7. The van der Waals surface area contributed by atoms with Crippen molar-refractivity contribution in [3.05, 3.63) is 80.1 Å². The normalized spacial score (nSPS) is 15.6. The molecular formula is C38H71N21NaO18-3. The van der Waals surface area contributed by atoms with Gasteiger partial charge in [0.15, 0.2) is 0 Å². The van der Waals surface area contributed by atoms with E-state index in [4.69, 9.17) is 21.0 Å². The number of nitrogens with two attached hydrogens (primary N) is 2. The Kier molecular flexibility index (Phi) is 40.7. The maximum Gasteiger partial charge on any atom is 1.00 e. The number of carbonyl (C=O) groups is 2. The molecule has 4 rings (SSSR count). The van der Waals surface area contributed by atoms with E-state index < -0.39 is 45.1 Å². The molecule has 1 atom stereocenters. The molecule has 440 valence electrons. The average Bonchev–Trinajstić information content (AvgIpc) is 4.18. The quantitative estimate of drug-likeness (QED) is 0.0234. The Balaban J connectivity index is 0. The molecule has 0 radical (unpaired) electrons. The van der Waals surface area contributed by atoms with Crippen LogP contribution in [0.15, 0.2) is 44.6 Å². The van der Waals surface area contributed by atoms with Crippen LogP contribution in [0, 0.1) is 61.9 Å². The van der Waals surface area contributed by atoms with Gasteiger partial charge < -0.3 is 82.8 Å². The van der Waals surface area contributed by atoms with Gasteiger partial charge in [-0.1, -0.05) is 0 Å². The summed E-state index contributed by atoms with van der Waals surface area (Å²) in [7, 11) is 0. The van der Waals surface area contributed by atoms with Crippen molar-refractivity contribution < 1.29 is 93.4 Å². The Morgan fingerprint density at radius 1 is 0.692 bits per heavy atom. The fourth-order valence-electron chi connectivity index (χ4n) is 6.53. The molecule has 3 saturated heterocycles. The number of aliphatic carboxylic acids is 1. The topological polar surface area (TPSA) is 516 Å². The van der Waals surface area contributed by atoms with Gasteiger partial charge in [0.1, 0.15) is 12.6 Å². The SMILES string of the molecule is CCN(CC)/[N+]([O-])=N/[O-].CCO/N=[N+](\[O-])N1CCCC1.CCOC(=O)N1CCN(/[N+]([O-])=N/Oc2ccc([N+](=O)[O-])cc2[N+](=O)[O-])CC1.NCCCNCCCCN(CCCN)/[N+]([O-])=N/[O-].O=C([O-])C1CCCN1/[N+]([O-])=N/[O-].[Na+]. The van der Waals surface area contributed by atoms with Crippen molar-refractivity contribution >= 4 is 23.4 Å². The zero-order chi connectivity index (χ0) is 58.1. The van der Waals surface area contributed by atoms with Crippen molar-refractivity contribution in [3.63, 3.8) is 0 Å². The summed E-state index contributed by atoms with van der Waals surface area (Å²) < 4.78 is 4.86. The maximum absolute atomic E-state index is 12.0. The molecule has 39 nitrogen and oxygen atoms in total. The number of nitrogens with one attached hydrogen (secondary N) is 1. The second-order valence-electron chi connectivity index (χ2n) is 15.6. The smallest absolute Gasteiger partial charge is 0.737 e. The molecule has 0 saturated carbocycles. The summed E-state index contributed by atoms with van der Waals surface area (Å²) in [4.78, 5) is 53.4. The molecule has 1 aromatic rings. The second-order valence-corrected chi connectivity index (χ2v) is 15.6. The number of piperazine rings is 1. The Morgan fingerprint density at radius 2 is 1.26 bits per heavy atom. The van der Waals surface area contributed by atoms with Gasteiger partial charge in [-0.05, 0) is 127 Å². The van der Waals surface area contributed by atoms with Crippen LogP contribution < -0.4 is 56.3 Å². The summed E-state index contributed by atoms with van der Waals surface area (Å²) in [6.45, 7) is 15.3. The van der Waals surface area contributed by atoms with E-state index in [1.54, 1.807) is 32.7 Å². The number of hydrogen-bond acceptors (Lipinski definition) is 26. The van der Waals surface area contributed by atoms with E-state index in [1.165, 1.54) is 19.9 Å². The molecule has 0 bridgehead atoms. The van der Waals surface area contributed by atoms with E-state index in [0.29, 0.717) is 76.2 Å². The molecule has 5 N–H and O–H groups in total. The minimum atomic E-state index is -1.35. The molecule has 1 aromatic carbocycles. The minimum absolute atomic E-state index is 0. The van der Waals surface area contributed by atoms with Crippen LogP contribution in [0.1, 0.15) is 79.1 Å². The molecule has 0 aromatic heterocycles. The van der Waals surface area contributed by atoms with Gasteiger partial charge in [-0.15, -0.1) is 20.0 Å². The van der Waals surface area contributed by atoms with Crippen molar-refractivity contribution in [1.29, 1.82) is 0 Å². The number of nitro groups is 2. The van der Waals surface area contributed by atoms with Gasteiger partial charge in [0.2, 0.25) is 16.3 Å². The zero-order valence-corrected chi connectivity index (χ0v) is 46.5. The van der Waals surface area contributed by atoms with E-state index in [0.717, 1.165) is 75.4 Å². The number of rotatable bonds is 26. The summed E-state index contributed by atoms with van der Waals surface area (Å²) in [6, 6.07) is 1.66. The first-order valence-electron chi connectivity index (χ1n) is 24.3. The van der Waals surface area contributed by atoms with Crippen LogP contribution in [0.2, 0.25) is 0 Å². The Morgan fingerprint density at radius 3 is 1.76 bits per heavy atom. The number of non-ortho nitro benzene ring substituents is 1.